The van der Waals surface area contributed by atoms with E-state index in [9.17, 15) is 0 Å². The van der Waals surface area contributed by atoms with Crippen LogP contribution in [-0.2, 0) is 4.74 Å². The van der Waals surface area contributed by atoms with Gasteiger partial charge in [0.05, 0.1) is 6.61 Å². The molecule has 2 nitrogen and oxygen atoms in total. The van der Waals surface area contributed by atoms with Crippen LogP contribution in [0, 0.1) is 11.3 Å². The van der Waals surface area contributed by atoms with Crippen LogP contribution in [0.15, 0.2) is 0 Å². The van der Waals surface area contributed by atoms with Crippen LogP contribution >= 0.6 is 0 Å². The van der Waals surface area contributed by atoms with E-state index in [2.05, 4.69) is 19.2 Å². The highest BCUT2D eigenvalue weighted by atomic mass is 16.5. The Morgan fingerprint density at radius 2 is 2.25 bits per heavy atom. The fraction of sp³-hybridized carbons (Fsp3) is 1.00. The van der Waals surface area contributed by atoms with Gasteiger partial charge < -0.3 is 10.1 Å². The molecule has 0 amide bonds. The Morgan fingerprint density at radius 3 is 2.75 bits per heavy atom. The van der Waals surface area contributed by atoms with Crippen molar-refractivity contribution in [2.75, 3.05) is 19.8 Å². The molecule has 0 radical (unpaired) electrons. The van der Waals surface area contributed by atoms with Crippen LogP contribution in [0.1, 0.15) is 26.7 Å². The van der Waals surface area contributed by atoms with Crippen LogP contribution in [0.2, 0.25) is 0 Å². The van der Waals surface area contributed by atoms with Crippen LogP contribution in [-0.4, -0.2) is 25.8 Å². The van der Waals surface area contributed by atoms with E-state index in [0.717, 1.165) is 19.1 Å². The first-order valence-electron chi connectivity index (χ1n) is 4.99. The second-order valence-corrected chi connectivity index (χ2v) is 4.86. The third-order valence-electron chi connectivity index (χ3n) is 3.30. The second kappa shape index (κ2) is 3.00. The zero-order valence-corrected chi connectivity index (χ0v) is 8.10. The highest BCUT2D eigenvalue weighted by Gasteiger charge is 2.45. The molecular weight excluding hydrogens is 150 g/mol. The summed E-state index contributed by atoms with van der Waals surface area (Å²) in [5.41, 5.74) is 0.618. The molecule has 0 aromatic rings. The zero-order chi connectivity index (χ0) is 8.60. The lowest BCUT2D eigenvalue weighted by molar-refractivity contribution is 0.189. The fourth-order valence-corrected chi connectivity index (χ4v) is 1.93. The quantitative estimate of drug-likeness (QED) is 0.689. The Balaban J connectivity index is 1.63. The molecule has 1 heterocycles. The minimum Gasteiger partial charge on any atom is -0.380 e. The summed E-state index contributed by atoms with van der Waals surface area (Å²) in [6.45, 7) is 7.77. The lowest BCUT2D eigenvalue weighted by atomic mass is 10.1. The molecule has 0 aromatic carbocycles. The Labute approximate surface area is 74.7 Å². The van der Waals surface area contributed by atoms with Crippen LogP contribution < -0.4 is 5.32 Å². The van der Waals surface area contributed by atoms with Crippen molar-refractivity contribution in [2.24, 2.45) is 11.3 Å². The Kier molecular flexibility index (Phi) is 2.13. The zero-order valence-electron chi connectivity index (χ0n) is 8.10. The summed E-state index contributed by atoms with van der Waals surface area (Å²) in [6.07, 6.45) is 2.60. The summed E-state index contributed by atoms with van der Waals surface area (Å²) in [7, 11) is 0. The van der Waals surface area contributed by atoms with Crippen molar-refractivity contribution in [3.63, 3.8) is 0 Å². The van der Waals surface area contributed by atoms with E-state index < -0.39 is 0 Å². The normalized spacial score (nSPS) is 38.5. The molecule has 2 atom stereocenters. The number of rotatable bonds is 3. The van der Waals surface area contributed by atoms with Gasteiger partial charge in [-0.25, -0.2) is 0 Å². The van der Waals surface area contributed by atoms with Gasteiger partial charge in [-0.15, -0.1) is 0 Å². The van der Waals surface area contributed by atoms with Crippen molar-refractivity contribution in [1.82, 2.24) is 5.32 Å². The molecule has 1 aliphatic carbocycles. The highest BCUT2D eigenvalue weighted by molar-refractivity contribution is 4.96. The molecule has 2 rings (SSSR count). The number of nitrogens with one attached hydrogen (secondary N) is 1. The van der Waals surface area contributed by atoms with Crippen LogP contribution in [0.4, 0.5) is 0 Å². The van der Waals surface area contributed by atoms with Gasteiger partial charge >= 0.3 is 0 Å². The molecule has 2 heteroatoms. The van der Waals surface area contributed by atoms with Gasteiger partial charge in [-0.3, -0.25) is 0 Å². The number of ether oxygens (including phenoxy) is 1. The van der Waals surface area contributed by atoms with E-state index in [1.807, 2.05) is 0 Å². The smallest absolute Gasteiger partial charge is 0.0620 e. The second-order valence-electron chi connectivity index (χ2n) is 4.86. The van der Waals surface area contributed by atoms with Crippen molar-refractivity contribution in [3.8, 4) is 0 Å². The maximum atomic E-state index is 5.30. The summed E-state index contributed by atoms with van der Waals surface area (Å²) >= 11 is 0. The number of hydrogen-bond donors (Lipinski definition) is 1. The van der Waals surface area contributed by atoms with Gasteiger partial charge in [-0.05, 0) is 30.7 Å². The largest absolute Gasteiger partial charge is 0.380 e. The van der Waals surface area contributed by atoms with E-state index in [4.69, 9.17) is 4.74 Å². The summed E-state index contributed by atoms with van der Waals surface area (Å²) in [5, 5.41) is 3.57. The summed E-state index contributed by atoms with van der Waals surface area (Å²) in [5.74, 6) is 0.915. The highest BCUT2D eigenvalue weighted by Crippen LogP contribution is 2.51. The maximum absolute atomic E-state index is 5.30. The van der Waals surface area contributed by atoms with Crippen LogP contribution in [0.3, 0.4) is 0 Å². The third kappa shape index (κ3) is 1.80. The van der Waals surface area contributed by atoms with Gasteiger partial charge in [0, 0.05) is 12.6 Å². The van der Waals surface area contributed by atoms with E-state index in [0.29, 0.717) is 11.5 Å². The topological polar surface area (TPSA) is 21.3 Å². The summed E-state index contributed by atoms with van der Waals surface area (Å²) in [6, 6.07) is 0.640. The molecule has 1 saturated carbocycles. The lowest BCUT2D eigenvalue weighted by Gasteiger charge is -2.10. The van der Waals surface area contributed by atoms with E-state index >= 15 is 0 Å². The van der Waals surface area contributed by atoms with Crippen LogP contribution in [0.25, 0.3) is 0 Å². The van der Waals surface area contributed by atoms with Gasteiger partial charge in [-0.1, -0.05) is 13.8 Å². The number of hydrogen-bond acceptors (Lipinski definition) is 2. The third-order valence-corrected chi connectivity index (χ3v) is 3.30. The lowest BCUT2D eigenvalue weighted by Crippen LogP contribution is -2.31. The monoisotopic (exact) mass is 169 g/mol. The molecule has 1 N–H and O–H groups in total. The predicted octanol–water partition coefficient (Wildman–Crippen LogP) is 1.41. The SMILES string of the molecule is CC1(C)CC1CNC1CCOC1. The molecule has 1 aliphatic heterocycles. The van der Waals surface area contributed by atoms with Gasteiger partial charge in [-0.2, -0.15) is 0 Å². The van der Waals surface area contributed by atoms with E-state index in [1.54, 1.807) is 0 Å². The first-order valence-corrected chi connectivity index (χ1v) is 4.99. The average Bonchev–Trinajstić information content (AvgIpc) is 2.54. The molecular formula is C10H19NO. The molecule has 0 spiro atoms. The Morgan fingerprint density at radius 1 is 1.50 bits per heavy atom. The molecule has 2 fully saturated rings. The van der Waals surface area contributed by atoms with Crippen molar-refractivity contribution in [3.05, 3.63) is 0 Å². The first-order chi connectivity index (χ1) is 5.68. The van der Waals surface area contributed by atoms with E-state index in [1.165, 1.54) is 19.4 Å². The summed E-state index contributed by atoms with van der Waals surface area (Å²) in [4.78, 5) is 0. The predicted molar refractivity (Wildman–Crippen MR) is 49.1 cm³/mol. The van der Waals surface area contributed by atoms with Gasteiger partial charge in [0.15, 0.2) is 0 Å². The van der Waals surface area contributed by atoms with Crippen molar-refractivity contribution < 1.29 is 4.74 Å². The fourth-order valence-electron chi connectivity index (χ4n) is 1.93. The molecule has 0 aromatic heterocycles. The molecule has 12 heavy (non-hydrogen) atoms. The summed E-state index contributed by atoms with van der Waals surface area (Å²) < 4.78 is 5.30. The van der Waals surface area contributed by atoms with Gasteiger partial charge in [0.1, 0.15) is 0 Å². The standard InChI is InChI=1S/C10H19NO/c1-10(2)5-8(10)6-11-9-3-4-12-7-9/h8-9,11H,3-7H2,1-2H3. The molecule has 2 aliphatic rings. The average molecular weight is 169 g/mol. The Hall–Kier alpha value is -0.0800. The molecule has 2 unspecified atom stereocenters. The maximum Gasteiger partial charge on any atom is 0.0620 e. The first kappa shape index (κ1) is 8.52. The molecule has 70 valence electrons. The van der Waals surface area contributed by atoms with Crippen molar-refractivity contribution in [1.29, 1.82) is 0 Å². The van der Waals surface area contributed by atoms with Crippen molar-refractivity contribution >= 4 is 0 Å². The molecule has 1 saturated heterocycles. The van der Waals surface area contributed by atoms with Crippen molar-refractivity contribution in [2.45, 2.75) is 32.7 Å². The Bertz CT molecular complexity index is 156. The minimum atomic E-state index is 0.618. The van der Waals surface area contributed by atoms with Gasteiger partial charge in [0.2, 0.25) is 0 Å². The van der Waals surface area contributed by atoms with Gasteiger partial charge in [0.25, 0.3) is 0 Å². The van der Waals surface area contributed by atoms with Crippen LogP contribution in [0.5, 0.6) is 0 Å². The molecule has 0 bridgehead atoms. The minimum absolute atomic E-state index is 0.618. The van der Waals surface area contributed by atoms with E-state index in [-0.39, 0.29) is 0 Å².